The van der Waals surface area contributed by atoms with Gasteiger partial charge < -0.3 is 19.7 Å². The Balaban J connectivity index is 2.11. The first-order chi connectivity index (χ1) is 14.9. The van der Waals surface area contributed by atoms with Crippen molar-refractivity contribution in [1.29, 1.82) is 0 Å². The van der Waals surface area contributed by atoms with Crippen molar-refractivity contribution >= 4 is 33.7 Å². The lowest BCUT2D eigenvalue weighted by molar-refractivity contribution is -0.131. The van der Waals surface area contributed by atoms with E-state index in [4.69, 9.17) is 19.7 Å². The molecule has 0 aliphatic carbocycles. The Labute approximate surface area is 189 Å². The SMILES string of the molecule is C[C@@H](CC/C=C/C(=O)O)[C@@H](OC(=O)Nc1ccc(Br)cc1)c1ccc(OCCO)cc1. The summed E-state index contributed by atoms with van der Waals surface area (Å²) in [5.74, 6) is -0.459. The highest BCUT2D eigenvalue weighted by atomic mass is 79.9. The Kier molecular flexibility index (Phi) is 10.1. The molecule has 0 heterocycles. The second-order valence-electron chi connectivity index (χ2n) is 6.89. The van der Waals surface area contributed by atoms with Gasteiger partial charge in [0.1, 0.15) is 18.5 Å². The van der Waals surface area contributed by atoms with Crippen LogP contribution in [0.4, 0.5) is 10.5 Å². The molecule has 0 unspecified atom stereocenters. The number of aliphatic carboxylic acids is 1. The second kappa shape index (κ2) is 12.8. The first-order valence-corrected chi connectivity index (χ1v) is 10.6. The van der Waals surface area contributed by atoms with Gasteiger partial charge in [-0.1, -0.05) is 41.1 Å². The Bertz CT molecular complexity index is 867. The number of aliphatic hydroxyl groups excluding tert-OH is 1. The summed E-state index contributed by atoms with van der Waals surface area (Å²) in [5, 5.41) is 20.3. The van der Waals surface area contributed by atoms with Gasteiger partial charge in [0, 0.05) is 16.2 Å². The summed E-state index contributed by atoms with van der Waals surface area (Å²) in [6, 6.07) is 14.3. The number of carbonyl (C=O) groups is 2. The van der Waals surface area contributed by atoms with E-state index in [-0.39, 0.29) is 19.1 Å². The summed E-state index contributed by atoms with van der Waals surface area (Å²) in [6.45, 7) is 2.06. The van der Waals surface area contributed by atoms with E-state index in [9.17, 15) is 9.59 Å². The molecule has 2 atom stereocenters. The molecule has 0 spiro atoms. The second-order valence-corrected chi connectivity index (χ2v) is 7.81. The standard InChI is InChI=1S/C23H26BrNO6/c1-16(4-2-3-5-21(27)28)22(17-6-12-20(13-7-17)30-15-14-26)31-23(29)25-19-10-8-18(24)9-11-19/h3,5-13,16,22,26H,2,4,14-15H2,1H3,(H,25,29)(H,27,28)/b5-3+/t16-,22+/m0/s1. The van der Waals surface area contributed by atoms with Crippen molar-refractivity contribution in [2.24, 2.45) is 5.92 Å². The molecule has 8 heteroatoms. The van der Waals surface area contributed by atoms with Crippen LogP contribution in [-0.2, 0) is 9.53 Å². The Morgan fingerprint density at radius 3 is 2.42 bits per heavy atom. The molecule has 2 rings (SSSR count). The number of ether oxygens (including phenoxy) is 2. The predicted molar refractivity (Wildman–Crippen MR) is 121 cm³/mol. The van der Waals surface area contributed by atoms with Crippen LogP contribution >= 0.6 is 15.9 Å². The van der Waals surface area contributed by atoms with Gasteiger partial charge in [-0.3, -0.25) is 5.32 Å². The summed E-state index contributed by atoms with van der Waals surface area (Å²) in [4.78, 5) is 23.2. The largest absolute Gasteiger partial charge is 0.491 e. The lowest BCUT2D eigenvalue weighted by Gasteiger charge is -2.25. The maximum absolute atomic E-state index is 12.5. The van der Waals surface area contributed by atoms with Crippen LogP contribution in [0.1, 0.15) is 31.4 Å². The Hall–Kier alpha value is -2.84. The van der Waals surface area contributed by atoms with Crippen LogP contribution < -0.4 is 10.1 Å². The van der Waals surface area contributed by atoms with Crippen LogP contribution in [0.25, 0.3) is 0 Å². The molecule has 0 fully saturated rings. The fourth-order valence-corrected chi connectivity index (χ4v) is 3.18. The average Bonchev–Trinajstić information content (AvgIpc) is 2.75. The minimum Gasteiger partial charge on any atom is -0.491 e. The minimum atomic E-state index is -0.993. The zero-order chi connectivity index (χ0) is 22.6. The van der Waals surface area contributed by atoms with Crippen LogP contribution in [0.15, 0.2) is 65.2 Å². The van der Waals surface area contributed by atoms with Gasteiger partial charge in [0.05, 0.1) is 6.61 Å². The molecule has 2 aromatic carbocycles. The van der Waals surface area contributed by atoms with Crippen molar-refractivity contribution in [3.63, 3.8) is 0 Å². The molecule has 0 saturated heterocycles. The summed E-state index contributed by atoms with van der Waals surface area (Å²) in [5.41, 5.74) is 1.40. The summed E-state index contributed by atoms with van der Waals surface area (Å²) in [6.07, 6.45) is 2.74. The molecular formula is C23H26BrNO6. The number of hydrogen-bond donors (Lipinski definition) is 3. The zero-order valence-corrected chi connectivity index (χ0v) is 18.7. The van der Waals surface area contributed by atoms with Crippen molar-refractivity contribution < 1.29 is 29.3 Å². The van der Waals surface area contributed by atoms with Gasteiger partial charge in [-0.2, -0.15) is 0 Å². The number of hydrogen-bond acceptors (Lipinski definition) is 5. The number of benzene rings is 2. The van der Waals surface area contributed by atoms with E-state index >= 15 is 0 Å². The van der Waals surface area contributed by atoms with Gasteiger partial charge in [0.2, 0.25) is 0 Å². The van der Waals surface area contributed by atoms with E-state index in [2.05, 4.69) is 21.2 Å². The normalized spacial score (nSPS) is 12.9. The van der Waals surface area contributed by atoms with Crippen molar-refractivity contribution in [3.05, 3.63) is 70.7 Å². The molecule has 0 aliphatic rings. The number of carboxylic acids is 1. The minimum absolute atomic E-state index is 0.0710. The molecule has 7 nitrogen and oxygen atoms in total. The number of aliphatic hydroxyl groups is 1. The number of carbonyl (C=O) groups excluding carboxylic acids is 1. The third-order valence-electron chi connectivity index (χ3n) is 4.46. The number of halogens is 1. The van der Waals surface area contributed by atoms with E-state index in [1.807, 2.05) is 31.2 Å². The van der Waals surface area contributed by atoms with Gasteiger partial charge >= 0.3 is 12.1 Å². The molecule has 0 aromatic heterocycles. The van der Waals surface area contributed by atoms with Crippen molar-refractivity contribution in [2.45, 2.75) is 25.9 Å². The van der Waals surface area contributed by atoms with Crippen molar-refractivity contribution in [1.82, 2.24) is 0 Å². The van der Waals surface area contributed by atoms with Crippen molar-refractivity contribution in [2.75, 3.05) is 18.5 Å². The van der Waals surface area contributed by atoms with Gasteiger partial charge in [0.25, 0.3) is 0 Å². The van der Waals surface area contributed by atoms with Crippen LogP contribution in [0, 0.1) is 5.92 Å². The predicted octanol–water partition coefficient (Wildman–Crippen LogP) is 5.17. The molecule has 2 aromatic rings. The number of amides is 1. The summed E-state index contributed by atoms with van der Waals surface area (Å²) < 4.78 is 12.0. The fraction of sp³-hybridized carbons (Fsp3) is 0.304. The molecule has 3 N–H and O–H groups in total. The molecule has 31 heavy (non-hydrogen) atoms. The number of rotatable bonds is 11. The molecule has 0 saturated carbocycles. The maximum atomic E-state index is 12.5. The third-order valence-corrected chi connectivity index (χ3v) is 4.99. The molecule has 166 valence electrons. The van der Waals surface area contributed by atoms with E-state index in [0.717, 1.165) is 16.1 Å². The van der Waals surface area contributed by atoms with Gasteiger partial charge in [-0.25, -0.2) is 9.59 Å². The molecule has 0 bridgehead atoms. The fourth-order valence-electron chi connectivity index (χ4n) is 2.92. The highest BCUT2D eigenvalue weighted by Crippen LogP contribution is 2.31. The summed E-state index contributed by atoms with van der Waals surface area (Å²) in [7, 11) is 0. The molecule has 1 amide bonds. The van der Waals surface area contributed by atoms with Crippen molar-refractivity contribution in [3.8, 4) is 5.75 Å². The van der Waals surface area contributed by atoms with Crippen LogP contribution in [0.2, 0.25) is 0 Å². The van der Waals surface area contributed by atoms with E-state index in [0.29, 0.717) is 24.3 Å². The monoisotopic (exact) mass is 491 g/mol. The number of anilines is 1. The first kappa shape index (κ1) is 24.4. The average molecular weight is 492 g/mol. The quantitative estimate of drug-likeness (QED) is 0.374. The van der Waals surface area contributed by atoms with Crippen LogP contribution in [-0.4, -0.2) is 35.5 Å². The molecular weight excluding hydrogens is 466 g/mol. The van der Waals surface area contributed by atoms with E-state index < -0.39 is 18.2 Å². The Morgan fingerprint density at radius 2 is 1.81 bits per heavy atom. The highest BCUT2D eigenvalue weighted by Gasteiger charge is 2.23. The first-order valence-electron chi connectivity index (χ1n) is 9.85. The van der Waals surface area contributed by atoms with Crippen LogP contribution in [0.3, 0.4) is 0 Å². The zero-order valence-electron chi connectivity index (χ0n) is 17.2. The third kappa shape index (κ3) is 8.82. The molecule has 0 aliphatic heterocycles. The number of nitrogens with one attached hydrogen (secondary N) is 1. The summed E-state index contributed by atoms with van der Waals surface area (Å²) >= 11 is 3.35. The highest BCUT2D eigenvalue weighted by molar-refractivity contribution is 9.10. The van der Waals surface area contributed by atoms with Gasteiger partial charge in [-0.05, 0) is 60.7 Å². The molecule has 0 radical (unpaired) electrons. The number of allylic oxidation sites excluding steroid dienone is 1. The van der Waals surface area contributed by atoms with Gasteiger partial charge in [-0.15, -0.1) is 0 Å². The lowest BCUT2D eigenvalue weighted by Crippen LogP contribution is -2.22. The lowest BCUT2D eigenvalue weighted by atomic mass is 9.93. The van der Waals surface area contributed by atoms with Crippen LogP contribution in [0.5, 0.6) is 5.75 Å². The topological polar surface area (TPSA) is 105 Å². The smallest absolute Gasteiger partial charge is 0.412 e. The number of carboxylic acid groups (broad SMARTS) is 1. The van der Waals surface area contributed by atoms with E-state index in [1.54, 1.807) is 30.3 Å². The Morgan fingerprint density at radius 1 is 1.13 bits per heavy atom. The maximum Gasteiger partial charge on any atom is 0.412 e. The van der Waals surface area contributed by atoms with E-state index in [1.165, 1.54) is 0 Å². The van der Waals surface area contributed by atoms with Gasteiger partial charge in [0.15, 0.2) is 0 Å².